The van der Waals surface area contributed by atoms with E-state index in [1.165, 1.54) is 88.3 Å². The predicted octanol–water partition coefficient (Wildman–Crippen LogP) is 16.2. The van der Waals surface area contributed by atoms with Crippen molar-refractivity contribution in [2.45, 2.75) is 39.5 Å². The summed E-state index contributed by atoms with van der Waals surface area (Å²) in [5.41, 5.74) is 18.3. The van der Waals surface area contributed by atoms with Gasteiger partial charge in [0.25, 0.3) is 0 Å². The van der Waals surface area contributed by atoms with Crippen LogP contribution in [0.25, 0.3) is 72.1 Å². The quantitative estimate of drug-likeness (QED) is 0.162. The first kappa shape index (κ1) is 37.3. The number of hydrogen-bond donors (Lipinski definition) is 1. The molecule has 0 fully saturated rings. The Balaban J connectivity index is 1.18. The lowest BCUT2D eigenvalue weighted by Gasteiger charge is -2.22. The van der Waals surface area contributed by atoms with Gasteiger partial charge in [-0.15, -0.1) is 0 Å². The van der Waals surface area contributed by atoms with Crippen LogP contribution in [0.15, 0.2) is 205 Å². The average Bonchev–Trinajstić information content (AvgIpc) is 3.49. The van der Waals surface area contributed by atoms with Crippen molar-refractivity contribution in [3.8, 4) is 33.4 Å². The van der Waals surface area contributed by atoms with E-state index in [-0.39, 0.29) is 5.41 Å². The van der Waals surface area contributed by atoms with Crippen molar-refractivity contribution in [2.75, 3.05) is 5.32 Å². The molecule has 0 amide bonds. The van der Waals surface area contributed by atoms with Gasteiger partial charge in [-0.3, -0.25) is 0 Å². The van der Waals surface area contributed by atoms with Gasteiger partial charge in [0.1, 0.15) is 0 Å². The minimum atomic E-state index is -0.118. The van der Waals surface area contributed by atoms with E-state index in [1.54, 1.807) is 0 Å². The maximum Gasteiger partial charge on any atom is 0.0469 e. The van der Waals surface area contributed by atoms with E-state index >= 15 is 0 Å². The SMILES string of the molecule is CC1=C(/C(=C\c2ccc(C3=CCC(C)C=C3)c(-c3cccc4ccccc34)c2)Nc2ccc(-c3ccccc3)c(-c3cccc4ccccc34)c2)c2ccccc2C1(C)C. The summed E-state index contributed by atoms with van der Waals surface area (Å²) in [4.78, 5) is 0. The Morgan fingerprint density at radius 3 is 1.87 bits per heavy atom. The third-order valence-electron chi connectivity index (χ3n) is 13.0. The number of rotatable bonds is 8. The first-order valence-electron chi connectivity index (χ1n) is 21.3. The van der Waals surface area contributed by atoms with Gasteiger partial charge in [-0.1, -0.05) is 202 Å². The molecule has 0 saturated carbocycles. The van der Waals surface area contributed by atoms with Crippen LogP contribution in [0.5, 0.6) is 0 Å². The van der Waals surface area contributed by atoms with E-state index in [1.807, 2.05) is 0 Å². The highest BCUT2D eigenvalue weighted by molar-refractivity contribution is 6.03. The van der Waals surface area contributed by atoms with E-state index in [2.05, 4.69) is 233 Å². The van der Waals surface area contributed by atoms with Crippen molar-refractivity contribution in [1.82, 2.24) is 0 Å². The summed E-state index contributed by atoms with van der Waals surface area (Å²) >= 11 is 0. The maximum absolute atomic E-state index is 4.07. The molecule has 0 heterocycles. The van der Waals surface area contributed by atoms with Gasteiger partial charge in [0, 0.05) is 22.4 Å². The Morgan fingerprint density at radius 1 is 0.567 bits per heavy atom. The Morgan fingerprint density at radius 2 is 1.17 bits per heavy atom. The summed E-state index contributed by atoms with van der Waals surface area (Å²) < 4.78 is 0. The second kappa shape index (κ2) is 15.3. The smallest absolute Gasteiger partial charge is 0.0469 e. The summed E-state index contributed by atoms with van der Waals surface area (Å²) in [5, 5.41) is 9.06. The zero-order valence-corrected chi connectivity index (χ0v) is 34.8. The van der Waals surface area contributed by atoms with Crippen molar-refractivity contribution in [3.63, 3.8) is 0 Å². The van der Waals surface area contributed by atoms with Crippen molar-refractivity contribution in [3.05, 3.63) is 228 Å². The fourth-order valence-corrected chi connectivity index (χ4v) is 9.49. The highest BCUT2D eigenvalue weighted by Gasteiger charge is 2.36. The van der Waals surface area contributed by atoms with Gasteiger partial charge in [0.2, 0.25) is 0 Å². The number of nitrogens with one attached hydrogen (secondary N) is 1. The zero-order chi connectivity index (χ0) is 40.8. The molecule has 0 saturated heterocycles. The Labute approximate surface area is 354 Å². The zero-order valence-electron chi connectivity index (χ0n) is 34.8. The van der Waals surface area contributed by atoms with Gasteiger partial charge < -0.3 is 5.32 Å². The van der Waals surface area contributed by atoms with Gasteiger partial charge in [0.05, 0.1) is 0 Å². The molecule has 0 aromatic heterocycles. The molecule has 1 N–H and O–H groups in total. The molecule has 2 aliphatic rings. The number of hydrogen-bond acceptors (Lipinski definition) is 1. The van der Waals surface area contributed by atoms with Gasteiger partial charge in [-0.05, 0) is 126 Å². The molecule has 10 rings (SSSR count). The van der Waals surface area contributed by atoms with Gasteiger partial charge in [0.15, 0.2) is 0 Å². The van der Waals surface area contributed by atoms with E-state index < -0.39 is 0 Å². The largest absolute Gasteiger partial charge is 0.355 e. The fourth-order valence-electron chi connectivity index (χ4n) is 9.49. The fraction of sp³-hybridized carbons (Fsp3) is 0.119. The summed E-state index contributed by atoms with van der Waals surface area (Å²) in [5.74, 6) is 0.545. The van der Waals surface area contributed by atoms with E-state index in [9.17, 15) is 0 Å². The third kappa shape index (κ3) is 6.71. The summed E-state index contributed by atoms with van der Waals surface area (Å²) in [6.07, 6.45) is 10.5. The molecule has 0 radical (unpaired) electrons. The molecule has 1 nitrogen and oxygen atoms in total. The molecule has 0 bridgehead atoms. The molecule has 0 aliphatic heterocycles. The van der Waals surface area contributed by atoms with Crippen LogP contribution in [0.2, 0.25) is 0 Å². The second-order valence-electron chi connectivity index (χ2n) is 17.1. The summed E-state index contributed by atoms with van der Waals surface area (Å²) in [6.45, 7) is 9.33. The lowest BCUT2D eigenvalue weighted by molar-refractivity contribution is 0.639. The number of allylic oxidation sites excluding steroid dienone is 6. The molecule has 60 heavy (non-hydrogen) atoms. The van der Waals surface area contributed by atoms with Gasteiger partial charge in [-0.25, -0.2) is 0 Å². The molecule has 1 unspecified atom stereocenters. The van der Waals surface area contributed by atoms with Crippen LogP contribution in [-0.4, -0.2) is 0 Å². The minimum Gasteiger partial charge on any atom is -0.355 e. The number of fused-ring (bicyclic) bond motifs is 3. The Kier molecular flexibility index (Phi) is 9.53. The highest BCUT2D eigenvalue weighted by Crippen LogP contribution is 2.49. The van der Waals surface area contributed by atoms with Crippen molar-refractivity contribution < 1.29 is 0 Å². The minimum absolute atomic E-state index is 0.118. The molecule has 290 valence electrons. The molecule has 8 aromatic rings. The second-order valence-corrected chi connectivity index (χ2v) is 17.1. The molecule has 1 atom stereocenters. The average molecular weight is 772 g/mol. The monoisotopic (exact) mass is 771 g/mol. The first-order valence-corrected chi connectivity index (χ1v) is 21.3. The van der Waals surface area contributed by atoms with Crippen molar-refractivity contribution >= 4 is 44.5 Å². The maximum atomic E-state index is 4.07. The normalized spacial score (nSPS) is 16.0. The number of benzene rings is 8. The van der Waals surface area contributed by atoms with Gasteiger partial charge in [-0.2, -0.15) is 0 Å². The standard InChI is InChI=1S/C59H49N/c1-39-28-31-45(32-29-39)49-34-30-41(36-54(49)51-25-14-20-43-18-8-10-22-47(43)51)37-57(58-40(2)59(3,4)56-27-13-12-24-53(56)58)60-46-33-35-50(42-16-6-5-7-17-42)55(38-46)52-26-15-21-44-19-9-11-23-48(44)52/h5-28,30-39,60H,29H2,1-4H3/b57-37+. The Bertz CT molecular complexity index is 3070. The summed E-state index contributed by atoms with van der Waals surface area (Å²) in [6, 6.07) is 64.5. The van der Waals surface area contributed by atoms with Crippen LogP contribution < -0.4 is 5.32 Å². The molecule has 1 heteroatoms. The highest BCUT2D eigenvalue weighted by atomic mass is 14.9. The van der Waals surface area contributed by atoms with E-state index in [0.29, 0.717) is 5.92 Å². The van der Waals surface area contributed by atoms with Crippen LogP contribution in [0.4, 0.5) is 5.69 Å². The van der Waals surface area contributed by atoms with Crippen LogP contribution in [0, 0.1) is 5.92 Å². The van der Waals surface area contributed by atoms with Crippen molar-refractivity contribution in [1.29, 1.82) is 0 Å². The van der Waals surface area contributed by atoms with Crippen LogP contribution in [0.1, 0.15) is 56.4 Å². The number of anilines is 1. The predicted molar refractivity (Wildman–Crippen MR) is 259 cm³/mol. The molecular weight excluding hydrogens is 723 g/mol. The Hall–Kier alpha value is -6.96. The van der Waals surface area contributed by atoms with Crippen LogP contribution in [0.3, 0.4) is 0 Å². The van der Waals surface area contributed by atoms with Crippen LogP contribution in [-0.2, 0) is 5.41 Å². The summed E-state index contributed by atoms with van der Waals surface area (Å²) in [7, 11) is 0. The molecule has 0 spiro atoms. The molecule has 8 aromatic carbocycles. The molecule has 2 aliphatic carbocycles. The molecular formula is C59H49N. The first-order chi connectivity index (χ1) is 29.3. The van der Waals surface area contributed by atoms with E-state index in [0.717, 1.165) is 23.4 Å². The van der Waals surface area contributed by atoms with E-state index in [4.69, 9.17) is 0 Å². The third-order valence-corrected chi connectivity index (χ3v) is 13.0. The van der Waals surface area contributed by atoms with Crippen LogP contribution >= 0.6 is 0 Å². The lowest BCUT2D eigenvalue weighted by atomic mass is 9.82. The topological polar surface area (TPSA) is 12.0 Å². The lowest BCUT2D eigenvalue weighted by Crippen LogP contribution is -2.15. The van der Waals surface area contributed by atoms with Crippen molar-refractivity contribution in [2.24, 2.45) is 5.92 Å². The van der Waals surface area contributed by atoms with Gasteiger partial charge >= 0.3 is 0 Å².